The van der Waals surface area contributed by atoms with Gasteiger partial charge in [-0.05, 0) is 53.7 Å². The fraction of sp³-hybridized carbons (Fsp3) is 0.476. The van der Waals surface area contributed by atoms with Crippen molar-refractivity contribution >= 4 is 40.4 Å². The van der Waals surface area contributed by atoms with Gasteiger partial charge in [-0.1, -0.05) is 20.8 Å². The summed E-state index contributed by atoms with van der Waals surface area (Å²) >= 11 is 2.95. The van der Waals surface area contributed by atoms with Gasteiger partial charge < -0.3 is 5.32 Å². The summed E-state index contributed by atoms with van der Waals surface area (Å²) in [6, 6.07) is 3.69. The Morgan fingerprint density at radius 1 is 1.17 bits per heavy atom. The van der Waals surface area contributed by atoms with Crippen LogP contribution in [0.2, 0.25) is 0 Å². The summed E-state index contributed by atoms with van der Waals surface area (Å²) in [5, 5.41) is 6.25. The molecular weight excluding hydrogens is 406 g/mol. The number of nitrogens with one attached hydrogen (secondary N) is 3. The van der Waals surface area contributed by atoms with Gasteiger partial charge in [-0.3, -0.25) is 25.2 Å². The monoisotopic (exact) mass is 433 g/mol. The number of aryl methyl sites for hydroxylation is 1. The van der Waals surface area contributed by atoms with Gasteiger partial charge >= 0.3 is 0 Å². The van der Waals surface area contributed by atoms with Crippen molar-refractivity contribution < 1.29 is 14.4 Å². The first kappa shape index (κ1) is 21.5. The number of hydrogen-bond acceptors (Lipinski definition) is 5. The topological polar surface area (TPSA) is 87.3 Å². The highest BCUT2D eigenvalue weighted by atomic mass is 32.1. The zero-order valence-electron chi connectivity index (χ0n) is 17.0. The third-order valence-electron chi connectivity index (χ3n) is 5.27. The smallest absolute Gasteiger partial charge is 0.279 e. The van der Waals surface area contributed by atoms with Crippen molar-refractivity contribution in [2.24, 2.45) is 11.3 Å². The maximum atomic E-state index is 12.4. The summed E-state index contributed by atoms with van der Waals surface area (Å²) in [5.74, 6) is -0.240. The summed E-state index contributed by atoms with van der Waals surface area (Å²) in [6.45, 7) is 7.00. The molecule has 2 aromatic heterocycles. The summed E-state index contributed by atoms with van der Waals surface area (Å²) in [5.41, 5.74) is 7.00. The Kier molecular flexibility index (Phi) is 6.74. The van der Waals surface area contributed by atoms with Gasteiger partial charge in [0.05, 0.1) is 4.88 Å². The number of rotatable bonds is 5. The molecule has 1 atom stereocenters. The van der Waals surface area contributed by atoms with E-state index in [1.54, 1.807) is 11.4 Å². The quantitative estimate of drug-likeness (QED) is 0.630. The minimum absolute atomic E-state index is 0.0877. The molecule has 6 nitrogen and oxygen atoms in total. The SMILES string of the molecule is CC(C)(C)C1CCc2sc(C(=O)NNC(=O)CCNC(=O)c3ccsc3)cc2C1. The molecule has 0 fully saturated rings. The molecule has 8 heteroatoms. The van der Waals surface area contributed by atoms with Crippen LogP contribution < -0.4 is 16.2 Å². The van der Waals surface area contributed by atoms with Crippen molar-refractivity contribution in [3.05, 3.63) is 43.8 Å². The molecule has 2 aromatic rings. The second-order valence-electron chi connectivity index (χ2n) is 8.39. The Morgan fingerprint density at radius 3 is 2.66 bits per heavy atom. The van der Waals surface area contributed by atoms with Crippen LogP contribution in [0.3, 0.4) is 0 Å². The number of fused-ring (bicyclic) bond motifs is 1. The van der Waals surface area contributed by atoms with Crippen molar-refractivity contribution in [1.82, 2.24) is 16.2 Å². The average molecular weight is 434 g/mol. The zero-order valence-corrected chi connectivity index (χ0v) is 18.6. The minimum atomic E-state index is -0.349. The highest BCUT2D eigenvalue weighted by Gasteiger charge is 2.30. The van der Waals surface area contributed by atoms with E-state index < -0.39 is 0 Å². The molecule has 156 valence electrons. The van der Waals surface area contributed by atoms with Crippen molar-refractivity contribution in [3.63, 3.8) is 0 Å². The van der Waals surface area contributed by atoms with Gasteiger partial charge in [0.15, 0.2) is 0 Å². The molecule has 0 aromatic carbocycles. The van der Waals surface area contributed by atoms with Gasteiger partial charge in [0, 0.05) is 28.8 Å². The molecule has 2 heterocycles. The third kappa shape index (κ3) is 5.67. The Morgan fingerprint density at radius 2 is 1.97 bits per heavy atom. The Hall–Kier alpha value is -2.19. The maximum Gasteiger partial charge on any atom is 0.279 e. The zero-order chi connectivity index (χ0) is 21.0. The van der Waals surface area contributed by atoms with Crippen LogP contribution in [0.25, 0.3) is 0 Å². The number of thiophene rings is 2. The van der Waals surface area contributed by atoms with Gasteiger partial charge in [-0.25, -0.2) is 0 Å². The van der Waals surface area contributed by atoms with Crippen LogP contribution in [-0.2, 0) is 17.6 Å². The van der Waals surface area contributed by atoms with Crippen LogP contribution in [0.4, 0.5) is 0 Å². The van der Waals surface area contributed by atoms with Gasteiger partial charge in [0.2, 0.25) is 5.91 Å². The van der Waals surface area contributed by atoms with Crippen LogP contribution in [0.15, 0.2) is 22.9 Å². The Balaban J connectivity index is 1.43. The van der Waals surface area contributed by atoms with Crippen molar-refractivity contribution in [2.45, 2.75) is 46.5 Å². The standard InChI is InChI=1S/C21H27N3O3S2/c1-21(2,3)15-4-5-16-14(10-15)11-17(29-16)20(27)24-23-18(25)6-8-22-19(26)13-7-9-28-12-13/h7,9,11-12,15H,4-6,8,10H2,1-3H3,(H,22,26)(H,23,25)(H,24,27). The fourth-order valence-electron chi connectivity index (χ4n) is 3.41. The molecule has 0 bridgehead atoms. The van der Waals surface area contributed by atoms with Crippen LogP contribution in [0.5, 0.6) is 0 Å². The molecule has 1 aliphatic rings. The van der Waals surface area contributed by atoms with E-state index in [1.807, 2.05) is 11.4 Å². The number of hydrogen-bond donors (Lipinski definition) is 3. The van der Waals surface area contributed by atoms with E-state index in [9.17, 15) is 14.4 Å². The van der Waals surface area contributed by atoms with E-state index in [2.05, 4.69) is 36.9 Å². The van der Waals surface area contributed by atoms with E-state index in [0.717, 1.165) is 19.3 Å². The lowest BCUT2D eigenvalue weighted by Gasteiger charge is -2.33. The van der Waals surface area contributed by atoms with Crippen LogP contribution >= 0.6 is 22.7 Å². The van der Waals surface area contributed by atoms with E-state index in [0.29, 0.717) is 16.4 Å². The minimum Gasteiger partial charge on any atom is -0.351 e. The van der Waals surface area contributed by atoms with Crippen LogP contribution in [-0.4, -0.2) is 24.3 Å². The first-order valence-electron chi connectivity index (χ1n) is 9.75. The van der Waals surface area contributed by atoms with Gasteiger partial charge in [-0.15, -0.1) is 11.3 Å². The molecular formula is C21H27N3O3S2. The van der Waals surface area contributed by atoms with E-state index in [4.69, 9.17) is 0 Å². The molecule has 3 rings (SSSR count). The Labute approximate surface area is 179 Å². The van der Waals surface area contributed by atoms with Gasteiger partial charge in [0.25, 0.3) is 11.8 Å². The van der Waals surface area contributed by atoms with E-state index in [-0.39, 0.29) is 36.1 Å². The second kappa shape index (κ2) is 9.09. The average Bonchev–Trinajstić information content (AvgIpc) is 3.34. The van der Waals surface area contributed by atoms with E-state index >= 15 is 0 Å². The molecule has 0 radical (unpaired) electrons. The molecule has 0 aliphatic heterocycles. The molecule has 29 heavy (non-hydrogen) atoms. The lowest BCUT2D eigenvalue weighted by molar-refractivity contribution is -0.121. The van der Waals surface area contributed by atoms with Crippen molar-refractivity contribution in [1.29, 1.82) is 0 Å². The normalized spacial score (nSPS) is 16.0. The van der Waals surface area contributed by atoms with Gasteiger partial charge in [-0.2, -0.15) is 11.3 Å². The molecule has 0 spiro atoms. The lowest BCUT2D eigenvalue weighted by atomic mass is 9.72. The highest BCUT2D eigenvalue weighted by molar-refractivity contribution is 7.14. The summed E-state index contributed by atoms with van der Waals surface area (Å²) in [6.07, 6.45) is 3.24. The number of carbonyl (C=O) groups excluding carboxylic acids is 3. The molecule has 0 saturated carbocycles. The number of carbonyl (C=O) groups is 3. The molecule has 1 aliphatic carbocycles. The molecule has 3 amide bonds. The van der Waals surface area contributed by atoms with Crippen molar-refractivity contribution in [2.75, 3.05) is 6.54 Å². The first-order chi connectivity index (χ1) is 13.7. The molecule has 3 N–H and O–H groups in total. The van der Waals surface area contributed by atoms with Crippen molar-refractivity contribution in [3.8, 4) is 0 Å². The molecule has 1 unspecified atom stereocenters. The molecule has 0 saturated heterocycles. The van der Waals surface area contributed by atoms with E-state index in [1.165, 1.54) is 33.1 Å². The Bertz CT molecular complexity index is 882. The lowest BCUT2D eigenvalue weighted by Crippen LogP contribution is -2.42. The predicted octanol–water partition coefficient (Wildman–Crippen LogP) is 3.54. The second-order valence-corrected chi connectivity index (χ2v) is 10.3. The van der Waals surface area contributed by atoms with Gasteiger partial charge in [0.1, 0.15) is 0 Å². The third-order valence-corrected chi connectivity index (χ3v) is 7.19. The number of amides is 3. The number of hydrazine groups is 1. The summed E-state index contributed by atoms with van der Waals surface area (Å²) in [4.78, 5) is 38.0. The van der Waals surface area contributed by atoms with Crippen LogP contribution in [0, 0.1) is 11.3 Å². The summed E-state index contributed by atoms with van der Waals surface area (Å²) in [7, 11) is 0. The first-order valence-corrected chi connectivity index (χ1v) is 11.5. The predicted molar refractivity (Wildman–Crippen MR) is 116 cm³/mol. The van der Waals surface area contributed by atoms with Crippen LogP contribution in [0.1, 0.15) is 64.1 Å². The maximum absolute atomic E-state index is 12.4. The highest BCUT2D eigenvalue weighted by Crippen LogP contribution is 2.40. The largest absolute Gasteiger partial charge is 0.351 e. The summed E-state index contributed by atoms with van der Waals surface area (Å²) < 4.78 is 0. The fourth-order valence-corrected chi connectivity index (χ4v) is 5.15.